The summed E-state index contributed by atoms with van der Waals surface area (Å²) < 4.78 is 0. The van der Waals surface area contributed by atoms with Gasteiger partial charge < -0.3 is 9.88 Å². The van der Waals surface area contributed by atoms with Crippen LogP contribution in [0.4, 0.5) is 0 Å². The number of carbonyl (C=O) groups excluding carboxylic acids is 1. The molecule has 24 heavy (non-hydrogen) atoms. The van der Waals surface area contributed by atoms with Crippen LogP contribution in [0.3, 0.4) is 0 Å². The number of para-hydroxylation sites is 1. The van der Waals surface area contributed by atoms with Gasteiger partial charge in [-0.2, -0.15) is 0 Å². The van der Waals surface area contributed by atoms with Crippen molar-refractivity contribution in [2.75, 3.05) is 26.2 Å². The molecule has 0 radical (unpaired) electrons. The van der Waals surface area contributed by atoms with Crippen LogP contribution >= 0.6 is 11.3 Å². The first-order valence-electron chi connectivity index (χ1n) is 8.37. The maximum atomic E-state index is 12.9. The van der Waals surface area contributed by atoms with Gasteiger partial charge in [0, 0.05) is 48.7 Å². The molecule has 1 saturated heterocycles. The largest absolute Gasteiger partial charge is 0.361 e. The van der Waals surface area contributed by atoms with Crippen molar-refractivity contribution in [1.29, 1.82) is 0 Å². The van der Waals surface area contributed by atoms with E-state index >= 15 is 0 Å². The Kier molecular flexibility index (Phi) is 4.12. The molecule has 3 aromatic rings. The summed E-state index contributed by atoms with van der Waals surface area (Å²) >= 11 is 1.80. The topological polar surface area (TPSA) is 39.3 Å². The summed E-state index contributed by atoms with van der Waals surface area (Å²) in [6, 6.07) is 12.6. The van der Waals surface area contributed by atoms with Crippen molar-refractivity contribution in [1.82, 2.24) is 14.8 Å². The predicted octanol–water partition coefficient (Wildman–Crippen LogP) is 3.75. The minimum absolute atomic E-state index is 0.131. The average Bonchev–Trinajstić information content (AvgIpc) is 3.31. The predicted molar refractivity (Wildman–Crippen MR) is 98.5 cm³/mol. The lowest BCUT2D eigenvalue weighted by atomic mass is 10.1. The van der Waals surface area contributed by atoms with Gasteiger partial charge in [-0.05, 0) is 30.5 Å². The van der Waals surface area contributed by atoms with E-state index in [4.69, 9.17) is 0 Å². The number of aromatic nitrogens is 1. The molecular formula is C19H21N3OS. The van der Waals surface area contributed by atoms with Gasteiger partial charge in [-0.15, -0.1) is 11.3 Å². The molecule has 1 aliphatic rings. The molecule has 2 aromatic heterocycles. The third-order valence-corrected chi connectivity index (χ3v) is 5.96. The Hall–Kier alpha value is -2.11. The first-order chi connectivity index (χ1) is 11.7. The molecule has 0 aliphatic carbocycles. The van der Waals surface area contributed by atoms with Crippen molar-refractivity contribution >= 4 is 28.1 Å². The van der Waals surface area contributed by atoms with Crippen LogP contribution in [0.1, 0.15) is 28.2 Å². The normalized spacial score (nSPS) is 17.3. The minimum Gasteiger partial charge on any atom is -0.361 e. The number of nitrogens with zero attached hydrogens (tertiary/aromatic N) is 2. The van der Waals surface area contributed by atoms with Crippen LogP contribution < -0.4 is 0 Å². The maximum Gasteiger partial charge on any atom is 0.256 e. The van der Waals surface area contributed by atoms with Gasteiger partial charge in [-0.1, -0.05) is 18.2 Å². The smallest absolute Gasteiger partial charge is 0.256 e. The van der Waals surface area contributed by atoms with Gasteiger partial charge in [0.05, 0.1) is 11.1 Å². The SMILES string of the molecule is CC(c1cccs1)N1CCN(C(=O)c2cccc3cc[nH]c23)CC1. The van der Waals surface area contributed by atoms with Crippen molar-refractivity contribution < 1.29 is 4.79 Å². The van der Waals surface area contributed by atoms with Crippen molar-refractivity contribution in [3.8, 4) is 0 Å². The lowest BCUT2D eigenvalue weighted by molar-refractivity contribution is 0.0586. The van der Waals surface area contributed by atoms with Crippen LogP contribution in [0.15, 0.2) is 48.0 Å². The summed E-state index contributed by atoms with van der Waals surface area (Å²) in [5, 5.41) is 3.22. The number of carbonyl (C=O) groups is 1. The van der Waals surface area contributed by atoms with Crippen molar-refractivity contribution in [3.63, 3.8) is 0 Å². The molecular weight excluding hydrogens is 318 g/mol. The van der Waals surface area contributed by atoms with Crippen molar-refractivity contribution in [2.24, 2.45) is 0 Å². The number of hydrogen-bond acceptors (Lipinski definition) is 3. The first-order valence-corrected chi connectivity index (χ1v) is 9.25. The number of nitrogens with one attached hydrogen (secondary N) is 1. The molecule has 4 rings (SSSR count). The fourth-order valence-corrected chi connectivity index (χ4v) is 4.27. The fourth-order valence-electron chi connectivity index (χ4n) is 3.45. The quantitative estimate of drug-likeness (QED) is 0.789. The Labute approximate surface area is 145 Å². The molecule has 1 amide bonds. The fraction of sp³-hybridized carbons (Fsp3) is 0.316. The van der Waals surface area contributed by atoms with Gasteiger partial charge in [-0.25, -0.2) is 0 Å². The standard InChI is InChI=1S/C19H21N3OS/c1-14(17-6-3-13-24-17)21-9-11-22(12-10-21)19(23)16-5-2-4-15-7-8-20-18(15)16/h2-8,13-14,20H,9-12H2,1H3. The molecule has 1 unspecified atom stereocenters. The van der Waals surface area contributed by atoms with E-state index in [9.17, 15) is 4.79 Å². The van der Waals surface area contributed by atoms with Gasteiger partial charge in [0.15, 0.2) is 0 Å². The molecule has 1 fully saturated rings. The maximum absolute atomic E-state index is 12.9. The molecule has 1 atom stereocenters. The zero-order chi connectivity index (χ0) is 16.5. The van der Waals surface area contributed by atoms with E-state index < -0.39 is 0 Å². The van der Waals surface area contributed by atoms with Crippen molar-refractivity contribution in [3.05, 3.63) is 58.4 Å². The Morgan fingerprint density at radius 2 is 1.96 bits per heavy atom. The molecule has 0 saturated carbocycles. The lowest BCUT2D eigenvalue weighted by Crippen LogP contribution is -2.49. The number of amides is 1. The number of fused-ring (bicyclic) bond motifs is 1. The summed E-state index contributed by atoms with van der Waals surface area (Å²) in [6.07, 6.45) is 1.89. The Morgan fingerprint density at radius 1 is 1.12 bits per heavy atom. The average molecular weight is 339 g/mol. The van der Waals surface area contributed by atoms with Crippen LogP contribution in [0, 0.1) is 0 Å². The zero-order valence-corrected chi connectivity index (χ0v) is 14.6. The molecule has 4 nitrogen and oxygen atoms in total. The monoisotopic (exact) mass is 339 g/mol. The van der Waals surface area contributed by atoms with Crippen LogP contribution in [-0.4, -0.2) is 46.9 Å². The van der Waals surface area contributed by atoms with E-state index in [1.807, 2.05) is 35.4 Å². The highest BCUT2D eigenvalue weighted by molar-refractivity contribution is 7.10. The van der Waals surface area contributed by atoms with E-state index in [1.54, 1.807) is 11.3 Å². The summed E-state index contributed by atoms with van der Waals surface area (Å²) in [4.78, 5) is 21.9. The highest BCUT2D eigenvalue weighted by atomic mass is 32.1. The summed E-state index contributed by atoms with van der Waals surface area (Å²) in [5.74, 6) is 0.131. The number of aromatic amines is 1. The Morgan fingerprint density at radius 3 is 2.71 bits per heavy atom. The highest BCUT2D eigenvalue weighted by Gasteiger charge is 2.26. The van der Waals surface area contributed by atoms with E-state index in [0.29, 0.717) is 6.04 Å². The van der Waals surface area contributed by atoms with E-state index in [-0.39, 0.29) is 5.91 Å². The molecule has 1 aromatic carbocycles. The Balaban J connectivity index is 1.46. The van der Waals surface area contributed by atoms with Crippen molar-refractivity contribution in [2.45, 2.75) is 13.0 Å². The molecule has 1 aliphatic heterocycles. The van der Waals surface area contributed by atoms with Gasteiger partial charge in [0.25, 0.3) is 5.91 Å². The third kappa shape index (κ3) is 2.74. The van der Waals surface area contributed by atoms with E-state index in [2.05, 4.69) is 34.3 Å². The van der Waals surface area contributed by atoms with Crippen LogP contribution in [-0.2, 0) is 0 Å². The molecule has 3 heterocycles. The second kappa shape index (κ2) is 6.42. The number of rotatable bonds is 3. The van der Waals surface area contributed by atoms with Gasteiger partial charge in [-0.3, -0.25) is 9.69 Å². The molecule has 0 spiro atoms. The number of hydrogen-bond donors (Lipinski definition) is 1. The van der Waals surface area contributed by atoms with Gasteiger partial charge in [0.1, 0.15) is 0 Å². The minimum atomic E-state index is 0.131. The lowest BCUT2D eigenvalue weighted by Gasteiger charge is -2.37. The molecule has 124 valence electrons. The molecule has 1 N–H and O–H groups in total. The van der Waals surface area contributed by atoms with Gasteiger partial charge >= 0.3 is 0 Å². The summed E-state index contributed by atoms with van der Waals surface area (Å²) in [6.45, 7) is 5.66. The number of thiophene rings is 1. The summed E-state index contributed by atoms with van der Waals surface area (Å²) in [5.41, 5.74) is 1.72. The van der Waals surface area contributed by atoms with E-state index in [1.165, 1.54) is 4.88 Å². The number of H-pyrrole nitrogens is 1. The van der Waals surface area contributed by atoms with Crippen LogP contribution in [0.25, 0.3) is 10.9 Å². The zero-order valence-electron chi connectivity index (χ0n) is 13.7. The van der Waals surface area contributed by atoms with Crippen LogP contribution in [0.2, 0.25) is 0 Å². The second-order valence-corrected chi connectivity index (χ2v) is 7.25. The third-order valence-electron chi connectivity index (χ3n) is 4.92. The second-order valence-electron chi connectivity index (χ2n) is 6.27. The molecule has 0 bridgehead atoms. The first kappa shape index (κ1) is 15.4. The Bertz CT molecular complexity index is 831. The number of piperazine rings is 1. The molecule has 5 heteroatoms. The van der Waals surface area contributed by atoms with Crippen LogP contribution in [0.5, 0.6) is 0 Å². The van der Waals surface area contributed by atoms with E-state index in [0.717, 1.165) is 42.6 Å². The number of benzene rings is 1. The van der Waals surface area contributed by atoms with Gasteiger partial charge in [0.2, 0.25) is 0 Å². The summed E-state index contributed by atoms with van der Waals surface area (Å²) in [7, 11) is 0. The highest BCUT2D eigenvalue weighted by Crippen LogP contribution is 2.26.